The molecule has 0 saturated heterocycles. The van der Waals surface area contributed by atoms with Crippen LogP contribution in [0.1, 0.15) is 13.3 Å². The summed E-state index contributed by atoms with van der Waals surface area (Å²) in [6, 6.07) is 5.59. The molecule has 1 heterocycles. The summed E-state index contributed by atoms with van der Waals surface area (Å²) in [5.41, 5.74) is 0.894. The zero-order chi connectivity index (χ0) is 12.3. The first kappa shape index (κ1) is 11.6. The van der Waals surface area contributed by atoms with Crippen LogP contribution in [0.3, 0.4) is 0 Å². The average molecular weight is 237 g/mol. The van der Waals surface area contributed by atoms with Crippen LogP contribution in [0.25, 0.3) is 0 Å². The van der Waals surface area contributed by atoms with Gasteiger partial charge in [-0.05, 0) is 19.1 Å². The molecule has 0 aromatic heterocycles. The van der Waals surface area contributed by atoms with Gasteiger partial charge in [-0.15, -0.1) is 0 Å². The van der Waals surface area contributed by atoms with Crippen LogP contribution in [-0.2, 0) is 9.53 Å². The molecule has 5 nitrogen and oxygen atoms in total. The van der Waals surface area contributed by atoms with Crippen LogP contribution in [0, 0.1) is 0 Å². The molecule has 92 valence electrons. The fourth-order valence-electron chi connectivity index (χ4n) is 1.66. The lowest BCUT2D eigenvalue weighted by molar-refractivity contribution is -0.140. The van der Waals surface area contributed by atoms with Gasteiger partial charge in [0.2, 0.25) is 6.79 Å². The largest absolute Gasteiger partial charge is 0.469 e. The van der Waals surface area contributed by atoms with E-state index in [1.54, 1.807) is 0 Å². The summed E-state index contributed by atoms with van der Waals surface area (Å²) < 4.78 is 15.1. The van der Waals surface area contributed by atoms with E-state index in [4.69, 9.17) is 9.47 Å². The molecule has 0 aliphatic carbocycles. The molecular weight excluding hydrogens is 222 g/mol. The summed E-state index contributed by atoms with van der Waals surface area (Å²) in [6.45, 7) is 2.18. The average Bonchev–Trinajstić information content (AvgIpc) is 2.75. The summed E-state index contributed by atoms with van der Waals surface area (Å²) in [7, 11) is 1.38. The zero-order valence-electron chi connectivity index (χ0n) is 9.86. The minimum absolute atomic E-state index is 0.00261. The predicted octanol–water partition coefficient (Wildman–Crippen LogP) is 1.78. The number of hydrogen-bond acceptors (Lipinski definition) is 5. The fourth-order valence-corrected chi connectivity index (χ4v) is 1.66. The Morgan fingerprint density at radius 2 is 2.24 bits per heavy atom. The first-order chi connectivity index (χ1) is 8.19. The molecule has 17 heavy (non-hydrogen) atoms. The van der Waals surface area contributed by atoms with Gasteiger partial charge in [0.25, 0.3) is 0 Å². The van der Waals surface area contributed by atoms with Crippen molar-refractivity contribution < 1.29 is 19.0 Å². The van der Waals surface area contributed by atoms with Gasteiger partial charge in [-0.2, -0.15) is 0 Å². The van der Waals surface area contributed by atoms with Gasteiger partial charge < -0.3 is 19.5 Å². The molecule has 5 heteroatoms. The molecule has 1 aromatic rings. The molecule has 0 spiro atoms. The van der Waals surface area contributed by atoms with Crippen molar-refractivity contribution in [1.82, 2.24) is 0 Å². The van der Waals surface area contributed by atoms with Crippen LogP contribution < -0.4 is 14.8 Å². The van der Waals surface area contributed by atoms with Gasteiger partial charge in [0.1, 0.15) is 0 Å². The van der Waals surface area contributed by atoms with Crippen LogP contribution in [0.15, 0.2) is 18.2 Å². The molecule has 1 aliphatic heterocycles. The summed E-state index contributed by atoms with van der Waals surface area (Å²) in [5, 5.41) is 3.20. The number of benzene rings is 1. The number of anilines is 1. The van der Waals surface area contributed by atoms with Gasteiger partial charge in [-0.25, -0.2) is 0 Å². The highest BCUT2D eigenvalue weighted by molar-refractivity contribution is 5.70. The van der Waals surface area contributed by atoms with Gasteiger partial charge in [0.15, 0.2) is 11.5 Å². The lowest BCUT2D eigenvalue weighted by atomic mass is 10.2. The minimum atomic E-state index is -0.231. The first-order valence-corrected chi connectivity index (χ1v) is 5.42. The zero-order valence-corrected chi connectivity index (χ0v) is 9.86. The van der Waals surface area contributed by atoms with E-state index in [0.29, 0.717) is 6.42 Å². The molecule has 0 bridgehead atoms. The van der Waals surface area contributed by atoms with Crippen LogP contribution in [0.4, 0.5) is 5.69 Å². The Bertz CT molecular complexity index is 419. The number of fused-ring (bicyclic) bond motifs is 1. The Hall–Kier alpha value is -1.91. The lowest BCUT2D eigenvalue weighted by Crippen LogP contribution is -2.20. The third-order valence-electron chi connectivity index (χ3n) is 2.49. The topological polar surface area (TPSA) is 56.8 Å². The van der Waals surface area contributed by atoms with Crippen LogP contribution in [-0.4, -0.2) is 25.9 Å². The van der Waals surface area contributed by atoms with Gasteiger partial charge in [0, 0.05) is 17.8 Å². The van der Waals surface area contributed by atoms with Crippen molar-refractivity contribution in [1.29, 1.82) is 0 Å². The normalized spacial score (nSPS) is 14.2. The molecule has 0 fully saturated rings. The molecule has 0 unspecified atom stereocenters. The first-order valence-electron chi connectivity index (χ1n) is 5.42. The number of ether oxygens (including phenoxy) is 3. The number of methoxy groups -OCH3 is 1. The van der Waals surface area contributed by atoms with E-state index in [-0.39, 0.29) is 18.8 Å². The van der Waals surface area contributed by atoms with Gasteiger partial charge in [-0.1, -0.05) is 0 Å². The molecule has 1 atom stereocenters. The summed E-state index contributed by atoms with van der Waals surface area (Å²) in [5.74, 6) is 1.24. The molecule has 1 aliphatic rings. The van der Waals surface area contributed by atoms with Crippen molar-refractivity contribution in [2.45, 2.75) is 19.4 Å². The maximum absolute atomic E-state index is 11.1. The monoisotopic (exact) mass is 237 g/mol. The van der Waals surface area contributed by atoms with E-state index in [1.165, 1.54) is 7.11 Å². The van der Waals surface area contributed by atoms with Crippen LogP contribution in [0.2, 0.25) is 0 Å². The molecule has 2 rings (SSSR count). The second-order valence-electron chi connectivity index (χ2n) is 3.89. The number of carbonyl (C=O) groups excluding carboxylic acids is 1. The highest BCUT2D eigenvalue weighted by atomic mass is 16.7. The van der Waals surface area contributed by atoms with E-state index in [1.807, 2.05) is 25.1 Å². The number of esters is 1. The molecule has 1 N–H and O–H groups in total. The minimum Gasteiger partial charge on any atom is -0.469 e. The van der Waals surface area contributed by atoms with Crippen molar-refractivity contribution in [2.24, 2.45) is 0 Å². The van der Waals surface area contributed by atoms with Crippen molar-refractivity contribution in [3.63, 3.8) is 0 Å². The van der Waals surface area contributed by atoms with Crippen molar-refractivity contribution in [3.8, 4) is 11.5 Å². The van der Waals surface area contributed by atoms with E-state index in [9.17, 15) is 4.79 Å². The highest BCUT2D eigenvalue weighted by Crippen LogP contribution is 2.34. The molecular formula is C12H15NO4. The lowest BCUT2D eigenvalue weighted by Gasteiger charge is -2.14. The maximum Gasteiger partial charge on any atom is 0.307 e. The van der Waals surface area contributed by atoms with Crippen LogP contribution in [0.5, 0.6) is 11.5 Å². The number of carbonyl (C=O) groups is 1. The fraction of sp³-hybridized carbons (Fsp3) is 0.417. The van der Waals surface area contributed by atoms with E-state index in [2.05, 4.69) is 10.1 Å². The standard InChI is InChI=1S/C12H15NO4/c1-8(5-12(14)15-2)13-9-3-4-10-11(6-9)17-7-16-10/h3-4,6,8,13H,5,7H2,1-2H3/t8-/m0/s1. The molecule has 0 saturated carbocycles. The summed E-state index contributed by atoms with van der Waals surface area (Å²) in [4.78, 5) is 11.1. The predicted molar refractivity (Wildman–Crippen MR) is 62.3 cm³/mol. The Balaban J connectivity index is 1.97. The van der Waals surface area contributed by atoms with E-state index in [0.717, 1.165) is 17.2 Å². The van der Waals surface area contributed by atoms with E-state index < -0.39 is 0 Å². The summed E-state index contributed by atoms with van der Waals surface area (Å²) in [6.07, 6.45) is 0.324. The van der Waals surface area contributed by atoms with Gasteiger partial charge >= 0.3 is 5.97 Å². The molecule has 0 amide bonds. The highest BCUT2D eigenvalue weighted by Gasteiger charge is 2.14. The summed E-state index contributed by atoms with van der Waals surface area (Å²) >= 11 is 0. The SMILES string of the molecule is COC(=O)C[C@H](C)Nc1ccc2c(c1)OCO2. The third-order valence-corrected chi connectivity index (χ3v) is 2.49. The van der Waals surface area contributed by atoms with Crippen molar-refractivity contribution in [2.75, 3.05) is 19.2 Å². The molecule has 1 aromatic carbocycles. The Morgan fingerprint density at radius 1 is 1.47 bits per heavy atom. The quantitative estimate of drug-likeness (QED) is 0.809. The van der Waals surface area contributed by atoms with Gasteiger partial charge in [-0.3, -0.25) is 4.79 Å². The van der Waals surface area contributed by atoms with Crippen molar-refractivity contribution in [3.05, 3.63) is 18.2 Å². The number of rotatable bonds is 4. The van der Waals surface area contributed by atoms with Gasteiger partial charge in [0.05, 0.1) is 13.5 Å². The Morgan fingerprint density at radius 3 is 3.00 bits per heavy atom. The third kappa shape index (κ3) is 2.81. The maximum atomic E-state index is 11.1. The van der Waals surface area contributed by atoms with Crippen molar-refractivity contribution >= 4 is 11.7 Å². The Labute approximate surface area is 99.7 Å². The second-order valence-corrected chi connectivity index (χ2v) is 3.89. The Kier molecular flexibility index (Phi) is 3.37. The number of nitrogens with one attached hydrogen (secondary N) is 1. The van der Waals surface area contributed by atoms with Crippen LogP contribution >= 0.6 is 0 Å². The molecule has 0 radical (unpaired) electrons. The van der Waals surface area contributed by atoms with E-state index >= 15 is 0 Å². The smallest absolute Gasteiger partial charge is 0.307 e. The second kappa shape index (κ2) is 4.95. The number of hydrogen-bond donors (Lipinski definition) is 1.